The molecular formula is C21H21F2N3O4. The van der Waals surface area contributed by atoms with Gasteiger partial charge in [0.25, 0.3) is 0 Å². The monoisotopic (exact) mass is 417 g/mol. The summed E-state index contributed by atoms with van der Waals surface area (Å²) in [6, 6.07) is 13.7. The van der Waals surface area contributed by atoms with Crippen LogP contribution in [0.5, 0.6) is 11.5 Å². The van der Waals surface area contributed by atoms with Crippen LogP contribution < -0.4 is 14.8 Å². The first kappa shape index (κ1) is 21.2. The summed E-state index contributed by atoms with van der Waals surface area (Å²) in [6.45, 7) is -2.55. The smallest absolute Gasteiger partial charge is 0.387 e. The molecule has 0 aliphatic carbocycles. The fraction of sp³-hybridized carbons (Fsp3) is 0.286. The fourth-order valence-corrected chi connectivity index (χ4v) is 2.99. The molecule has 0 unspecified atom stereocenters. The summed E-state index contributed by atoms with van der Waals surface area (Å²) < 4.78 is 34.3. The van der Waals surface area contributed by atoms with E-state index < -0.39 is 12.5 Å². The Morgan fingerprint density at radius 1 is 1.13 bits per heavy atom. The fourth-order valence-electron chi connectivity index (χ4n) is 2.99. The number of carbonyl (C=O) groups is 2. The third-order valence-corrected chi connectivity index (χ3v) is 4.43. The number of nitrogens with zero attached hydrogens (tertiary/aromatic N) is 2. The summed E-state index contributed by atoms with van der Waals surface area (Å²) in [5.41, 5.74) is 2.06. The standard InChI is InChI=1S/C21H21F2N3O4/c1-29-17-8-7-15(13-18(17)30-21(22)23)24-19(27)9-10-20(28)26-12-11-16(25-26)14-5-3-2-4-6-14/h2-8,13,21H,9-12H2,1H3,(H,24,27). The Labute approximate surface area is 172 Å². The second-order valence-corrected chi connectivity index (χ2v) is 6.47. The van der Waals surface area contributed by atoms with Crippen LogP contribution in [0.2, 0.25) is 0 Å². The lowest BCUT2D eigenvalue weighted by Gasteiger charge is -2.13. The van der Waals surface area contributed by atoms with Crippen LogP contribution in [0.15, 0.2) is 53.6 Å². The van der Waals surface area contributed by atoms with Crippen LogP contribution in [0.4, 0.5) is 14.5 Å². The Bertz CT molecular complexity index is 935. The van der Waals surface area contributed by atoms with Crippen LogP contribution in [-0.4, -0.2) is 42.8 Å². The highest BCUT2D eigenvalue weighted by molar-refractivity contribution is 6.02. The number of methoxy groups -OCH3 is 1. The molecule has 9 heteroatoms. The van der Waals surface area contributed by atoms with Crippen molar-refractivity contribution in [2.75, 3.05) is 19.0 Å². The number of hydrogen-bond acceptors (Lipinski definition) is 5. The van der Waals surface area contributed by atoms with Gasteiger partial charge in [0.1, 0.15) is 0 Å². The van der Waals surface area contributed by atoms with Gasteiger partial charge in [0.05, 0.1) is 19.4 Å². The number of nitrogens with one attached hydrogen (secondary N) is 1. The van der Waals surface area contributed by atoms with Crippen molar-refractivity contribution >= 4 is 23.2 Å². The highest BCUT2D eigenvalue weighted by Gasteiger charge is 2.22. The molecule has 0 atom stereocenters. The second kappa shape index (κ2) is 9.82. The third kappa shape index (κ3) is 5.53. The zero-order valence-corrected chi connectivity index (χ0v) is 16.3. The number of rotatable bonds is 8. The molecule has 1 aliphatic heterocycles. The maximum absolute atomic E-state index is 12.5. The van der Waals surface area contributed by atoms with Gasteiger partial charge in [-0.2, -0.15) is 13.9 Å². The quantitative estimate of drug-likeness (QED) is 0.711. The van der Waals surface area contributed by atoms with Gasteiger partial charge in [-0.05, 0) is 17.7 Å². The minimum atomic E-state index is -3.02. The number of benzene rings is 2. The van der Waals surface area contributed by atoms with E-state index in [0.717, 1.165) is 11.3 Å². The Morgan fingerprint density at radius 2 is 1.90 bits per heavy atom. The van der Waals surface area contributed by atoms with Crippen LogP contribution in [0, 0.1) is 0 Å². The van der Waals surface area contributed by atoms with E-state index in [9.17, 15) is 18.4 Å². The molecule has 2 amide bonds. The van der Waals surface area contributed by atoms with Gasteiger partial charge in [-0.25, -0.2) is 5.01 Å². The van der Waals surface area contributed by atoms with E-state index in [2.05, 4.69) is 15.2 Å². The van der Waals surface area contributed by atoms with Crippen LogP contribution in [0.25, 0.3) is 0 Å². The molecular weight excluding hydrogens is 396 g/mol. The number of hydrogen-bond donors (Lipinski definition) is 1. The predicted octanol–water partition coefficient (Wildman–Crippen LogP) is 3.65. The Kier molecular flexibility index (Phi) is 6.95. The molecule has 0 fully saturated rings. The van der Waals surface area contributed by atoms with Gasteiger partial charge in [-0.15, -0.1) is 0 Å². The van der Waals surface area contributed by atoms with Crippen molar-refractivity contribution in [3.8, 4) is 11.5 Å². The van der Waals surface area contributed by atoms with Gasteiger partial charge in [0.2, 0.25) is 11.8 Å². The molecule has 1 N–H and O–H groups in total. The highest BCUT2D eigenvalue weighted by atomic mass is 19.3. The van der Waals surface area contributed by atoms with Crippen molar-refractivity contribution in [3.63, 3.8) is 0 Å². The topological polar surface area (TPSA) is 80.2 Å². The predicted molar refractivity (Wildman–Crippen MR) is 107 cm³/mol. The molecule has 0 aromatic heterocycles. The molecule has 1 heterocycles. The molecule has 7 nitrogen and oxygen atoms in total. The number of carbonyl (C=O) groups excluding carboxylic acids is 2. The van der Waals surface area contributed by atoms with E-state index in [1.54, 1.807) is 0 Å². The van der Waals surface area contributed by atoms with Gasteiger partial charge in [0.15, 0.2) is 11.5 Å². The normalized spacial score (nSPS) is 13.2. The number of anilines is 1. The lowest BCUT2D eigenvalue weighted by atomic mass is 10.1. The maximum Gasteiger partial charge on any atom is 0.387 e. The summed E-state index contributed by atoms with van der Waals surface area (Å²) in [5.74, 6) is -0.763. The SMILES string of the molecule is COc1ccc(NC(=O)CCC(=O)N2CCC(c3ccccc3)=N2)cc1OC(F)F. The Morgan fingerprint density at radius 3 is 2.60 bits per heavy atom. The molecule has 0 spiro atoms. The van der Waals surface area contributed by atoms with E-state index in [1.807, 2.05) is 30.3 Å². The maximum atomic E-state index is 12.5. The van der Waals surface area contributed by atoms with Crippen molar-refractivity contribution in [2.24, 2.45) is 5.10 Å². The summed E-state index contributed by atoms with van der Waals surface area (Å²) in [4.78, 5) is 24.5. The Balaban J connectivity index is 1.53. The zero-order chi connectivity index (χ0) is 21.5. The van der Waals surface area contributed by atoms with E-state index in [0.29, 0.717) is 13.0 Å². The zero-order valence-electron chi connectivity index (χ0n) is 16.3. The minimum absolute atomic E-state index is 0.0199. The Hall–Kier alpha value is -3.49. The second-order valence-electron chi connectivity index (χ2n) is 6.47. The number of halogens is 2. The van der Waals surface area contributed by atoms with Gasteiger partial charge in [0, 0.05) is 31.0 Å². The van der Waals surface area contributed by atoms with Gasteiger partial charge in [-0.1, -0.05) is 30.3 Å². The van der Waals surface area contributed by atoms with Crippen molar-refractivity contribution in [1.82, 2.24) is 5.01 Å². The molecule has 1 aliphatic rings. The summed E-state index contributed by atoms with van der Waals surface area (Å²) >= 11 is 0. The largest absolute Gasteiger partial charge is 0.493 e. The van der Waals surface area contributed by atoms with E-state index in [1.165, 1.54) is 30.3 Å². The lowest BCUT2D eigenvalue weighted by Crippen LogP contribution is -2.25. The molecule has 2 aromatic carbocycles. The molecule has 0 saturated heterocycles. The van der Waals surface area contributed by atoms with Crippen molar-refractivity contribution in [2.45, 2.75) is 25.9 Å². The first-order chi connectivity index (χ1) is 14.5. The first-order valence-corrected chi connectivity index (χ1v) is 9.32. The van der Waals surface area contributed by atoms with Crippen LogP contribution >= 0.6 is 0 Å². The molecule has 0 saturated carbocycles. The molecule has 158 valence electrons. The average molecular weight is 417 g/mol. The highest BCUT2D eigenvalue weighted by Crippen LogP contribution is 2.31. The molecule has 0 radical (unpaired) electrons. The van der Waals surface area contributed by atoms with E-state index in [-0.39, 0.29) is 35.9 Å². The van der Waals surface area contributed by atoms with Crippen molar-refractivity contribution < 1.29 is 27.8 Å². The summed E-state index contributed by atoms with van der Waals surface area (Å²) in [6.07, 6.45) is 0.567. The molecule has 0 bridgehead atoms. The minimum Gasteiger partial charge on any atom is -0.493 e. The number of hydrazone groups is 1. The van der Waals surface area contributed by atoms with E-state index in [4.69, 9.17) is 4.74 Å². The lowest BCUT2D eigenvalue weighted by molar-refractivity contribution is -0.132. The number of ether oxygens (including phenoxy) is 2. The first-order valence-electron chi connectivity index (χ1n) is 9.32. The van der Waals surface area contributed by atoms with Crippen molar-refractivity contribution in [3.05, 3.63) is 54.1 Å². The van der Waals surface area contributed by atoms with Crippen molar-refractivity contribution in [1.29, 1.82) is 0 Å². The summed E-state index contributed by atoms with van der Waals surface area (Å²) in [5, 5.41) is 8.28. The molecule has 30 heavy (non-hydrogen) atoms. The van der Waals surface area contributed by atoms with E-state index >= 15 is 0 Å². The van der Waals surface area contributed by atoms with Crippen LogP contribution in [0.3, 0.4) is 0 Å². The van der Waals surface area contributed by atoms with Gasteiger partial charge in [-0.3, -0.25) is 9.59 Å². The average Bonchev–Trinajstić information content (AvgIpc) is 3.23. The third-order valence-electron chi connectivity index (χ3n) is 4.43. The van der Waals surface area contributed by atoms with Crippen LogP contribution in [0.1, 0.15) is 24.8 Å². The van der Waals surface area contributed by atoms with Gasteiger partial charge >= 0.3 is 6.61 Å². The number of alkyl halides is 2. The molecule has 2 aromatic rings. The summed E-state index contributed by atoms with van der Waals surface area (Å²) in [7, 11) is 1.32. The number of amides is 2. The van der Waals surface area contributed by atoms with Crippen LogP contribution in [-0.2, 0) is 9.59 Å². The molecule has 3 rings (SSSR count). The van der Waals surface area contributed by atoms with Gasteiger partial charge < -0.3 is 14.8 Å².